The second kappa shape index (κ2) is 5.70. The van der Waals surface area contributed by atoms with Crippen LogP contribution in [-0.2, 0) is 6.42 Å². The first-order chi connectivity index (χ1) is 11.3. The molecule has 0 heterocycles. The van der Waals surface area contributed by atoms with E-state index in [1.807, 2.05) is 6.07 Å². The number of rotatable bonds is 2. The van der Waals surface area contributed by atoms with Crippen LogP contribution in [0.2, 0.25) is 0 Å². The molecule has 0 unspecified atom stereocenters. The lowest BCUT2D eigenvalue weighted by Crippen LogP contribution is -2.03. The number of fused-ring (bicyclic) bond motifs is 1. The van der Waals surface area contributed by atoms with Crippen molar-refractivity contribution in [3.63, 3.8) is 0 Å². The minimum atomic E-state index is 0.281. The molecule has 2 aromatic carbocycles. The quantitative estimate of drug-likeness (QED) is 0.713. The van der Waals surface area contributed by atoms with Gasteiger partial charge in [-0.3, -0.25) is 4.79 Å². The Morgan fingerprint density at radius 3 is 2.52 bits per heavy atom. The molecule has 2 aromatic rings. The number of aryl methyl sites for hydroxylation is 1. The molecule has 23 heavy (non-hydrogen) atoms. The highest BCUT2D eigenvalue weighted by atomic mass is 16.1. The first-order valence-electron chi connectivity index (χ1n) is 8.49. The Morgan fingerprint density at radius 2 is 1.74 bits per heavy atom. The molecule has 2 aliphatic rings. The monoisotopic (exact) mass is 300 g/mol. The molecule has 1 saturated carbocycles. The molecule has 2 atom stereocenters. The second-order valence-electron chi connectivity index (χ2n) is 6.73. The number of hydrogen-bond donors (Lipinski definition) is 0. The third-order valence-electron chi connectivity index (χ3n) is 5.43. The lowest BCUT2D eigenvalue weighted by Gasteiger charge is -2.15. The van der Waals surface area contributed by atoms with Gasteiger partial charge in [-0.1, -0.05) is 48.9 Å². The lowest BCUT2D eigenvalue weighted by atomic mass is 9.88. The summed E-state index contributed by atoms with van der Waals surface area (Å²) in [5.41, 5.74) is 5.88. The zero-order chi connectivity index (χ0) is 15.8. The molecule has 114 valence electrons. The molecule has 2 aliphatic carbocycles. The van der Waals surface area contributed by atoms with E-state index >= 15 is 0 Å². The number of benzene rings is 2. The number of carbonyl (C=O) groups excluding carboxylic acids is 1. The van der Waals surface area contributed by atoms with E-state index in [1.165, 1.54) is 35.1 Å². The van der Waals surface area contributed by atoms with Crippen LogP contribution in [0.15, 0.2) is 42.5 Å². The van der Waals surface area contributed by atoms with Gasteiger partial charge in [0.1, 0.15) is 0 Å². The first kappa shape index (κ1) is 14.3. The highest BCUT2D eigenvalue weighted by molar-refractivity contribution is 6.00. The van der Waals surface area contributed by atoms with Crippen LogP contribution in [0.25, 0.3) is 11.1 Å². The van der Waals surface area contributed by atoms with Crippen LogP contribution in [0.1, 0.15) is 53.1 Å². The molecule has 0 radical (unpaired) electrons. The molecule has 0 saturated heterocycles. The van der Waals surface area contributed by atoms with Gasteiger partial charge in [0.25, 0.3) is 0 Å². The number of ketones is 1. The van der Waals surface area contributed by atoms with Crippen molar-refractivity contribution in [3.8, 4) is 23.5 Å². The maximum absolute atomic E-state index is 11.7. The van der Waals surface area contributed by atoms with E-state index in [0.717, 1.165) is 18.4 Å². The van der Waals surface area contributed by atoms with E-state index in [1.54, 1.807) is 0 Å². The average molecular weight is 300 g/mol. The molecule has 0 N–H and O–H groups in total. The summed E-state index contributed by atoms with van der Waals surface area (Å²) in [6.45, 7) is 0. The maximum atomic E-state index is 11.7. The predicted octanol–water partition coefficient (Wildman–Crippen LogP) is 5.00. The van der Waals surface area contributed by atoms with E-state index in [9.17, 15) is 4.79 Å². The summed E-state index contributed by atoms with van der Waals surface area (Å²) in [5, 5.41) is 0. The molecule has 4 rings (SSSR count). The maximum Gasteiger partial charge on any atom is 0.163 e. The molecule has 1 nitrogen and oxygen atoms in total. The summed E-state index contributed by atoms with van der Waals surface area (Å²) < 4.78 is 0. The number of Topliss-reactive ketones (excluding diaryl/α,β-unsaturated/α-hetero) is 1. The molecular formula is C22H20O. The average Bonchev–Trinajstić information content (AvgIpc) is 3.21. The Hall–Kier alpha value is -2.33. The van der Waals surface area contributed by atoms with Gasteiger partial charge in [0.15, 0.2) is 5.78 Å². The number of hydrogen-bond acceptors (Lipinski definition) is 1. The predicted molar refractivity (Wildman–Crippen MR) is 93.4 cm³/mol. The molecule has 0 bridgehead atoms. The van der Waals surface area contributed by atoms with Crippen molar-refractivity contribution in [1.82, 2.24) is 0 Å². The van der Waals surface area contributed by atoms with Gasteiger partial charge in [-0.2, -0.15) is 0 Å². The van der Waals surface area contributed by atoms with Crippen LogP contribution in [0.5, 0.6) is 0 Å². The van der Waals surface area contributed by atoms with Gasteiger partial charge < -0.3 is 0 Å². The van der Waals surface area contributed by atoms with Crippen molar-refractivity contribution in [2.45, 2.75) is 38.0 Å². The van der Waals surface area contributed by atoms with Crippen LogP contribution in [0.4, 0.5) is 0 Å². The van der Waals surface area contributed by atoms with Crippen molar-refractivity contribution >= 4 is 5.78 Å². The fraction of sp³-hybridized carbons (Fsp3) is 0.318. The lowest BCUT2D eigenvalue weighted by molar-refractivity contribution is 0.0994. The van der Waals surface area contributed by atoms with E-state index < -0.39 is 0 Å². The molecule has 0 aromatic heterocycles. The summed E-state index contributed by atoms with van der Waals surface area (Å²) in [6, 6.07) is 15.1. The molecule has 1 fully saturated rings. The Morgan fingerprint density at radius 1 is 0.957 bits per heavy atom. The molecular weight excluding hydrogens is 280 g/mol. The second-order valence-corrected chi connectivity index (χ2v) is 6.73. The van der Waals surface area contributed by atoms with Gasteiger partial charge in [-0.05, 0) is 47.4 Å². The van der Waals surface area contributed by atoms with Crippen LogP contribution in [-0.4, -0.2) is 5.78 Å². The minimum Gasteiger partial charge on any atom is -0.294 e. The summed E-state index contributed by atoms with van der Waals surface area (Å²) in [5.74, 6) is 4.16. The molecule has 1 heteroatoms. The fourth-order valence-corrected chi connectivity index (χ4v) is 4.12. The van der Waals surface area contributed by atoms with Crippen molar-refractivity contribution < 1.29 is 4.79 Å². The van der Waals surface area contributed by atoms with E-state index in [0.29, 0.717) is 18.3 Å². The Bertz CT molecular complexity index is 792. The van der Waals surface area contributed by atoms with E-state index in [2.05, 4.69) is 42.3 Å². The highest BCUT2D eigenvalue weighted by Crippen LogP contribution is 2.39. The molecule has 0 aliphatic heterocycles. The summed E-state index contributed by atoms with van der Waals surface area (Å²) >= 11 is 0. The normalized spacial score (nSPS) is 22.8. The van der Waals surface area contributed by atoms with Gasteiger partial charge in [0.05, 0.1) is 0 Å². The van der Waals surface area contributed by atoms with E-state index in [4.69, 9.17) is 6.42 Å². The van der Waals surface area contributed by atoms with Crippen molar-refractivity contribution in [3.05, 3.63) is 59.2 Å². The van der Waals surface area contributed by atoms with E-state index in [-0.39, 0.29) is 5.78 Å². The van der Waals surface area contributed by atoms with Crippen LogP contribution >= 0.6 is 0 Å². The smallest absolute Gasteiger partial charge is 0.163 e. The van der Waals surface area contributed by atoms with Crippen molar-refractivity contribution in [2.24, 2.45) is 5.92 Å². The van der Waals surface area contributed by atoms with Gasteiger partial charge in [0.2, 0.25) is 0 Å². The fourth-order valence-electron chi connectivity index (χ4n) is 4.12. The third kappa shape index (κ3) is 2.49. The van der Waals surface area contributed by atoms with Gasteiger partial charge >= 0.3 is 0 Å². The van der Waals surface area contributed by atoms with Gasteiger partial charge in [-0.25, -0.2) is 0 Å². The Labute approximate surface area is 137 Å². The zero-order valence-electron chi connectivity index (χ0n) is 13.2. The van der Waals surface area contributed by atoms with Gasteiger partial charge in [0, 0.05) is 17.9 Å². The topological polar surface area (TPSA) is 17.1 Å². The standard InChI is InChI=1S/C22H20O/c1-2-15-4-3-5-20(15)17-8-6-16(7-9-17)18-10-12-21-19(14-18)11-13-22(21)23/h1,6-10,12,14-15,20H,3-5,11,13H2/t15-,20+/m1/s1. The van der Waals surface area contributed by atoms with Gasteiger partial charge in [-0.15, -0.1) is 12.3 Å². The first-order valence-corrected chi connectivity index (χ1v) is 8.49. The van der Waals surface area contributed by atoms with Crippen LogP contribution in [0.3, 0.4) is 0 Å². The van der Waals surface area contributed by atoms with Crippen LogP contribution in [0, 0.1) is 18.3 Å². The highest BCUT2D eigenvalue weighted by Gasteiger charge is 2.26. The molecule has 0 spiro atoms. The summed E-state index contributed by atoms with van der Waals surface area (Å²) in [7, 11) is 0. The Kier molecular flexibility index (Phi) is 3.54. The minimum absolute atomic E-state index is 0.281. The zero-order valence-corrected chi connectivity index (χ0v) is 13.2. The SMILES string of the molecule is C#C[C@@H]1CCC[C@@H]1c1ccc(-c2ccc3c(c2)CCC3=O)cc1. The molecule has 0 amide bonds. The Balaban J connectivity index is 1.62. The third-order valence-corrected chi connectivity index (χ3v) is 5.43. The van der Waals surface area contributed by atoms with Crippen LogP contribution < -0.4 is 0 Å². The summed E-state index contributed by atoms with van der Waals surface area (Å²) in [4.78, 5) is 11.7. The number of terminal acetylenes is 1. The van der Waals surface area contributed by atoms with Crippen molar-refractivity contribution in [1.29, 1.82) is 0 Å². The summed E-state index contributed by atoms with van der Waals surface area (Å²) in [6.07, 6.45) is 10.8. The van der Waals surface area contributed by atoms with Crippen molar-refractivity contribution in [2.75, 3.05) is 0 Å². The largest absolute Gasteiger partial charge is 0.294 e. The number of carbonyl (C=O) groups is 1.